The molecule has 2 saturated heterocycles. The maximum absolute atomic E-state index is 13.9. The molecule has 5 atom stereocenters. The Balaban J connectivity index is 1.65. The van der Waals surface area contributed by atoms with Crippen molar-refractivity contribution >= 4 is 46.5 Å². The monoisotopic (exact) mass is 468 g/mol. The number of anilines is 2. The van der Waals surface area contributed by atoms with Crippen LogP contribution in [0.3, 0.4) is 0 Å². The SMILES string of the molecule is CSCC[C@H]1N[C@@]2(C(=O)Nc3ccccc32)[C@@H]2C(=O)N(c3cc([NH+]([O-])O)ccc3C)C(=O)[C@H]21. The Morgan fingerprint density at radius 2 is 1.94 bits per heavy atom. The Morgan fingerprint density at radius 1 is 1.18 bits per heavy atom. The molecule has 3 aliphatic heterocycles. The number of rotatable bonds is 5. The van der Waals surface area contributed by atoms with E-state index in [4.69, 9.17) is 0 Å². The Morgan fingerprint density at radius 3 is 2.67 bits per heavy atom. The summed E-state index contributed by atoms with van der Waals surface area (Å²) < 4.78 is 0. The molecule has 1 spiro atoms. The van der Waals surface area contributed by atoms with Gasteiger partial charge < -0.3 is 10.5 Å². The van der Waals surface area contributed by atoms with Crippen molar-refractivity contribution in [1.29, 1.82) is 0 Å². The standard InChI is InChI=1S/C23H24N4O5S/c1-12-7-8-13(27(31)32)11-17(12)26-20(28)18-16(9-10-33-2)25-23(19(18)21(26)29)14-5-3-4-6-15(14)24-22(23)30/h3-8,11,16,18-19,25,27,31H,9-10H2,1-2H3,(H,24,30)/t16-,18+,19+,23-/m1/s1. The lowest BCUT2D eigenvalue weighted by Crippen LogP contribution is -2.99. The molecule has 2 aromatic carbocycles. The summed E-state index contributed by atoms with van der Waals surface area (Å²) in [6.07, 6.45) is 2.58. The lowest BCUT2D eigenvalue weighted by molar-refractivity contribution is -0.991. The molecule has 2 aromatic rings. The van der Waals surface area contributed by atoms with E-state index in [1.807, 2.05) is 24.5 Å². The first-order chi connectivity index (χ1) is 15.8. The second kappa shape index (κ2) is 7.93. The minimum atomic E-state index is -1.34. The van der Waals surface area contributed by atoms with Crippen LogP contribution in [0.5, 0.6) is 0 Å². The fourth-order valence-corrected chi connectivity index (χ4v) is 5.96. The summed E-state index contributed by atoms with van der Waals surface area (Å²) in [5, 5.41) is 26.1. The molecular weight excluding hydrogens is 444 g/mol. The number of aryl methyl sites for hydroxylation is 1. The number of amides is 3. The third kappa shape index (κ3) is 3.06. The molecule has 1 unspecified atom stereocenters. The van der Waals surface area contributed by atoms with E-state index in [9.17, 15) is 24.8 Å². The zero-order valence-electron chi connectivity index (χ0n) is 18.1. The topological polar surface area (TPSA) is 126 Å². The first-order valence-corrected chi connectivity index (χ1v) is 12.1. The minimum Gasteiger partial charge on any atom is -0.595 e. The molecule has 2 fully saturated rings. The predicted octanol–water partition coefficient (Wildman–Crippen LogP) is 1.08. The van der Waals surface area contributed by atoms with Crippen molar-refractivity contribution < 1.29 is 24.8 Å². The predicted molar refractivity (Wildman–Crippen MR) is 123 cm³/mol. The number of quaternary nitrogens is 1. The number of imide groups is 1. The van der Waals surface area contributed by atoms with Gasteiger partial charge in [0.05, 0.1) is 17.5 Å². The van der Waals surface area contributed by atoms with Crippen LogP contribution in [0.2, 0.25) is 0 Å². The maximum Gasteiger partial charge on any atom is 0.250 e. The molecule has 10 heteroatoms. The highest BCUT2D eigenvalue weighted by Gasteiger charge is 2.70. The zero-order valence-corrected chi connectivity index (χ0v) is 18.9. The summed E-state index contributed by atoms with van der Waals surface area (Å²) in [5.41, 5.74) is 0.802. The van der Waals surface area contributed by atoms with E-state index in [2.05, 4.69) is 10.6 Å². The first-order valence-electron chi connectivity index (χ1n) is 10.7. The van der Waals surface area contributed by atoms with Gasteiger partial charge in [-0.3, -0.25) is 19.7 Å². The van der Waals surface area contributed by atoms with E-state index in [1.165, 1.54) is 12.1 Å². The van der Waals surface area contributed by atoms with Crippen LogP contribution in [0.1, 0.15) is 17.5 Å². The van der Waals surface area contributed by atoms with Gasteiger partial charge in [0.15, 0.2) is 5.69 Å². The fraction of sp³-hybridized carbons (Fsp3) is 0.348. The van der Waals surface area contributed by atoms with Crippen LogP contribution in [-0.4, -0.2) is 41.0 Å². The second-order valence-electron chi connectivity index (χ2n) is 8.66. The van der Waals surface area contributed by atoms with E-state index in [0.29, 0.717) is 23.2 Å². The number of para-hydroxylation sites is 1. The molecule has 3 heterocycles. The van der Waals surface area contributed by atoms with Crippen molar-refractivity contribution in [3.63, 3.8) is 0 Å². The van der Waals surface area contributed by atoms with E-state index in [1.54, 1.807) is 30.8 Å². The van der Waals surface area contributed by atoms with Crippen LogP contribution in [0.15, 0.2) is 42.5 Å². The number of thioether (sulfide) groups is 1. The van der Waals surface area contributed by atoms with Gasteiger partial charge in [0, 0.05) is 29.4 Å². The Bertz CT molecular complexity index is 1170. The van der Waals surface area contributed by atoms with Gasteiger partial charge >= 0.3 is 0 Å². The molecule has 0 bridgehead atoms. The molecule has 0 aliphatic carbocycles. The Kier molecular flexibility index (Phi) is 5.30. The lowest BCUT2D eigenvalue weighted by Gasteiger charge is -2.30. The second-order valence-corrected chi connectivity index (χ2v) is 9.65. The molecule has 0 saturated carbocycles. The summed E-state index contributed by atoms with van der Waals surface area (Å²) in [5.74, 6) is -2.12. The largest absolute Gasteiger partial charge is 0.595 e. The number of hydrogen-bond acceptors (Lipinski definition) is 7. The van der Waals surface area contributed by atoms with Crippen molar-refractivity contribution in [3.8, 4) is 0 Å². The van der Waals surface area contributed by atoms with Gasteiger partial charge in [0.25, 0.3) is 0 Å². The summed E-state index contributed by atoms with van der Waals surface area (Å²) in [7, 11) is 0. The zero-order chi connectivity index (χ0) is 23.5. The normalized spacial score (nSPS) is 28.9. The van der Waals surface area contributed by atoms with E-state index in [0.717, 1.165) is 10.7 Å². The van der Waals surface area contributed by atoms with Gasteiger partial charge in [-0.1, -0.05) is 24.3 Å². The molecule has 0 aromatic heterocycles. The Hall–Kier alpha value is -2.76. The molecule has 3 aliphatic rings. The van der Waals surface area contributed by atoms with Gasteiger partial charge in [0.2, 0.25) is 17.7 Å². The molecule has 4 N–H and O–H groups in total. The highest BCUT2D eigenvalue weighted by atomic mass is 32.2. The molecule has 5 rings (SSSR count). The Labute approximate surface area is 194 Å². The van der Waals surface area contributed by atoms with Crippen molar-refractivity contribution in [1.82, 2.24) is 5.32 Å². The average Bonchev–Trinajstić information content (AvgIpc) is 3.37. The summed E-state index contributed by atoms with van der Waals surface area (Å²) in [6, 6.07) is 11.2. The number of nitrogens with one attached hydrogen (secondary N) is 3. The summed E-state index contributed by atoms with van der Waals surface area (Å²) >= 11 is 1.63. The van der Waals surface area contributed by atoms with Crippen LogP contribution >= 0.6 is 11.8 Å². The molecule has 3 amide bonds. The maximum atomic E-state index is 13.9. The molecule has 33 heavy (non-hydrogen) atoms. The van der Waals surface area contributed by atoms with Gasteiger partial charge in [-0.25, -0.2) is 10.1 Å². The van der Waals surface area contributed by atoms with Gasteiger partial charge in [0.1, 0.15) is 5.54 Å². The average molecular weight is 469 g/mol. The molecular formula is C23H24N4O5S. The van der Waals surface area contributed by atoms with Gasteiger partial charge in [-0.15, -0.1) is 0 Å². The third-order valence-electron chi connectivity index (χ3n) is 6.95. The lowest BCUT2D eigenvalue weighted by atomic mass is 9.76. The van der Waals surface area contributed by atoms with Crippen LogP contribution in [0.25, 0.3) is 0 Å². The summed E-state index contributed by atoms with van der Waals surface area (Å²) in [6.45, 7) is 1.73. The molecule has 9 nitrogen and oxygen atoms in total. The number of benzene rings is 2. The quantitative estimate of drug-likeness (QED) is 0.382. The van der Waals surface area contributed by atoms with Crippen molar-refractivity contribution in [2.24, 2.45) is 11.8 Å². The molecule has 0 radical (unpaired) electrons. The van der Waals surface area contributed by atoms with Gasteiger partial charge in [-0.05, 0) is 37.0 Å². The highest BCUT2D eigenvalue weighted by Crippen LogP contribution is 2.54. The van der Waals surface area contributed by atoms with Crippen molar-refractivity contribution in [2.75, 3.05) is 22.2 Å². The summed E-state index contributed by atoms with van der Waals surface area (Å²) in [4.78, 5) is 42.1. The number of hydrogen-bond donors (Lipinski definition) is 4. The third-order valence-corrected chi connectivity index (χ3v) is 7.60. The molecule has 172 valence electrons. The highest BCUT2D eigenvalue weighted by molar-refractivity contribution is 7.98. The van der Waals surface area contributed by atoms with Crippen molar-refractivity contribution in [3.05, 3.63) is 58.8 Å². The van der Waals surface area contributed by atoms with Crippen LogP contribution in [0.4, 0.5) is 17.1 Å². The number of carbonyl (C=O) groups is 3. The minimum absolute atomic E-state index is 0.0102. The number of fused-ring (bicyclic) bond motifs is 4. The fourth-order valence-electron chi connectivity index (χ4n) is 5.47. The van der Waals surface area contributed by atoms with Crippen LogP contribution in [-0.2, 0) is 19.9 Å². The smallest absolute Gasteiger partial charge is 0.250 e. The number of nitrogens with zero attached hydrogens (tertiary/aromatic N) is 1. The van der Waals surface area contributed by atoms with E-state index >= 15 is 0 Å². The van der Waals surface area contributed by atoms with E-state index in [-0.39, 0.29) is 23.3 Å². The van der Waals surface area contributed by atoms with Crippen molar-refractivity contribution in [2.45, 2.75) is 24.9 Å². The van der Waals surface area contributed by atoms with E-state index < -0.39 is 34.4 Å². The van der Waals surface area contributed by atoms with Crippen LogP contribution < -0.4 is 20.8 Å². The van der Waals surface area contributed by atoms with Crippen LogP contribution in [0, 0.1) is 24.0 Å². The number of carbonyl (C=O) groups excluding carboxylic acids is 3. The first kappa shape index (κ1) is 22.1. The van der Waals surface area contributed by atoms with Gasteiger partial charge in [-0.2, -0.15) is 17.0 Å².